The van der Waals surface area contributed by atoms with Crippen molar-refractivity contribution in [2.75, 3.05) is 0 Å². The van der Waals surface area contributed by atoms with Gasteiger partial charge >= 0.3 is 0 Å². The summed E-state index contributed by atoms with van der Waals surface area (Å²) in [6, 6.07) is 10.3. The SMILES string of the molecule is [2H]C([2H])([2H])c1cc(-c2ccccc2C)[n+](C)c(C([2H])([2H])[2H])c1. The van der Waals surface area contributed by atoms with Crippen molar-refractivity contribution in [3.63, 3.8) is 0 Å². The highest BCUT2D eigenvalue weighted by atomic mass is 14.9. The highest BCUT2D eigenvalue weighted by Gasteiger charge is 2.14. The first-order valence-corrected chi connectivity index (χ1v) is 5.13. The number of hydrogen-bond donors (Lipinski definition) is 0. The Morgan fingerprint density at radius 2 is 1.94 bits per heavy atom. The smallest absolute Gasteiger partial charge is 0.199 e. The molecule has 0 fully saturated rings. The van der Waals surface area contributed by atoms with Gasteiger partial charge in [0.05, 0.1) is 0 Å². The molecule has 0 amide bonds. The Hall–Kier alpha value is -1.63. The highest BCUT2D eigenvalue weighted by Crippen LogP contribution is 2.20. The first-order valence-electron chi connectivity index (χ1n) is 8.13. The Labute approximate surface area is 106 Å². The molecule has 0 aliphatic heterocycles. The Bertz CT molecular complexity index is 700. The van der Waals surface area contributed by atoms with Crippen LogP contribution in [-0.2, 0) is 7.05 Å². The van der Waals surface area contributed by atoms with E-state index in [4.69, 9.17) is 8.22 Å². The predicted molar refractivity (Wildman–Crippen MR) is 67.3 cm³/mol. The second-order valence-corrected chi connectivity index (χ2v) is 3.89. The molecule has 0 saturated heterocycles. The maximum Gasteiger partial charge on any atom is 0.212 e. The van der Waals surface area contributed by atoms with Crippen LogP contribution < -0.4 is 4.57 Å². The Morgan fingerprint density at radius 1 is 1.12 bits per heavy atom. The first-order chi connectivity index (χ1) is 10.0. The average molecular weight is 218 g/mol. The van der Waals surface area contributed by atoms with Crippen molar-refractivity contribution >= 4 is 0 Å². The van der Waals surface area contributed by atoms with Gasteiger partial charge in [0.15, 0.2) is 5.69 Å². The molecule has 0 aliphatic rings. The lowest BCUT2D eigenvalue weighted by molar-refractivity contribution is -0.666. The molecule has 2 aromatic rings. The summed E-state index contributed by atoms with van der Waals surface area (Å²) in [5.74, 6) is 0. The van der Waals surface area contributed by atoms with Crippen molar-refractivity contribution in [3.8, 4) is 11.3 Å². The number of rotatable bonds is 1. The Morgan fingerprint density at radius 3 is 2.62 bits per heavy atom. The largest absolute Gasteiger partial charge is 0.212 e. The molecule has 16 heavy (non-hydrogen) atoms. The minimum Gasteiger partial charge on any atom is -0.199 e. The predicted octanol–water partition coefficient (Wildman–Crippen LogP) is 3.10. The van der Waals surface area contributed by atoms with Gasteiger partial charge in [-0.05, 0) is 31.0 Å². The molecule has 1 aromatic carbocycles. The molecule has 0 atom stereocenters. The van der Waals surface area contributed by atoms with Gasteiger partial charge in [-0.2, -0.15) is 4.57 Å². The first kappa shape index (κ1) is 5.62. The maximum atomic E-state index is 7.66. The van der Waals surface area contributed by atoms with Gasteiger partial charge in [-0.1, -0.05) is 18.2 Å². The summed E-state index contributed by atoms with van der Waals surface area (Å²) in [4.78, 5) is 0. The maximum absolute atomic E-state index is 7.66. The van der Waals surface area contributed by atoms with Crippen LogP contribution in [0.25, 0.3) is 11.3 Å². The van der Waals surface area contributed by atoms with Crippen LogP contribution in [0.2, 0.25) is 0 Å². The second-order valence-electron chi connectivity index (χ2n) is 3.89. The number of hydrogen-bond acceptors (Lipinski definition) is 0. The van der Waals surface area contributed by atoms with Gasteiger partial charge in [0.2, 0.25) is 5.69 Å². The zero-order valence-electron chi connectivity index (χ0n) is 15.4. The number of aromatic nitrogens is 1. The molecule has 0 bridgehead atoms. The topological polar surface area (TPSA) is 3.88 Å². The average Bonchev–Trinajstić information content (AvgIpc) is 2.37. The third-order valence-corrected chi connectivity index (χ3v) is 2.73. The van der Waals surface area contributed by atoms with E-state index in [9.17, 15) is 0 Å². The second kappa shape index (κ2) is 4.09. The Kier molecular flexibility index (Phi) is 1.44. The van der Waals surface area contributed by atoms with E-state index in [2.05, 4.69) is 0 Å². The lowest BCUT2D eigenvalue weighted by Crippen LogP contribution is -2.34. The van der Waals surface area contributed by atoms with Gasteiger partial charge in [0.1, 0.15) is 7.05 Å². The van der Waals surface area contributed by atoms with Crippen LogP contribution >= 0.6 is 0 Å². The molecule has 82 valence electrons. The van der Waals surface area contributed by atoms with E-state index >= 15 is 0 Å². The van der Waals surface area contributed by atoms with Crippen LogP contribution in [0.4, 0.5) is 0 Å². The van der Waals surface area contributed by atoms with Crippen LogP contribution in [0.15, 0.2) is 36.4 Å². The van der Waals surface area contributed by atoms with Crippen molar-refractivity contribution in [1.29, 1.82) is 0 Å². The standard InChI is InChI=1S/C15H18N/c1-11-9-13(3)16(4)15(10-11)14-8-6-5-7-12(14)2/h5-10H,1-4H3/q+1/i1D3,3D3. The molecular formula is C15H18N+. The van der Waals surface area contributed by atoms with Crippen LogP contribution in [0.3, 0.4) is 0 Å². The fourth-order valence-electron chi connectivity index (χ4n) is 1.78. The summed E-state index contributed by atoms with van der Waals surface area (Å²) in [6.45, 7) is -2.83. The molecule has 0 N–H and O–H groups in total. The molecule has 0 radical (unpaired) electrons. The van der Waals surface area contributed by atoms with E-state index in [1.165, 1.54) is 6.07 Å². The van der Waals surface area contributed by atoms with Crippen molar-refractivity contribution in [2.24, 2.45) is 7.05 Å². The minimum absolute atomic E-state index is 0.0133. The molecule has 1 heteroatoms. The third-order valence-electron chi connectivity index (χ3n) is 2.73. The Balaban J connectivity index is 2.82. The van der Waals surface area contributed by atoms with Gasteiger partial charge in [0.25, 0.3) is 0 Å². The monoisotopic (exact) mass is 218 g/mol. The fourth-order valence-corrected chi connectivity index (χ4v) is 1.78. The van der Waals surface area contributed by atoms with Crippen LogP contribution in [0, 0.1) is 20.6 Å². The van der Waals surface area contributed by atoms with Crippen molar-refractivity contribution in [3.05, 3.63) is 53.2 Å². The van der Waals surface area contributed by atoms with E-state index in [0.29, 0.717) is 5.69 Å². The number of benzene rings is 1. The lowest BCUT2D eigenvalue weighted by Gasteiger charge is -2.06. The molecule has 0 saturated carbocycles. The summed E-state index contributed by atoms with van der Waals surface area (Å²) in [7, 11) is 1.65. The summed E-state index contributed by atoms with van der Waals surface area (Å²) < 4.78 is 47.3. The quantitative estimate of drug-likeness (QED) is 0.648. The van der Waals surface area contributed by atoms with Gasteiger partial charge in [-0.25, -0.2) is 0 Å². The molecular weight excluding hydrogens is 194 g/mol. The molecule has 1 aromatic heterocycles. The van der Waals surface area contributed by atoms with Crippen LogP contribution in [-0.4, -0.2) is 0 Å². The van der Waals surface area contributed by atoms with Crippen molar-refractivity contribution < 1.29 is 12.8 Å². The van der Waals surface area contributed by atoms with E-state index < -0.39 is 13.7 Å². The number of aryl methyl sites for hydroxylation is 3. The summed E-state index contributed by atoms with van der Waals surface area (Å²) >= 11 is 0. The third kappa shape index (κ3) is 1.85. The molecule has 2 rings (SSSR count). The van der Waals surface area contributed by atoms with E-state index in [0.717, 1.165) is 11.1 Å². The minimum atomic E-state index is -2.38. The fraction of sp³-hybridized carbons (Fsp3) is 0.267. The highest BCUT2D eigenvalue weighted by molar-refractivity contribution is 5.61. The lowest BCUT2D eigenvalue weighted by atomic mass is 10.0. The van der Waals surface area contributed by atoms with E-state index in [-0.39, 0.29) is 11.3 Å². The van der Waals surface area contributed by atoms with E-state index in [1.807, 2.05) is 31.2 Å². The van der Waals surface area contributed by atoms with Crippen molar-refractivity contribution in [1.82, 2.24) is 0 Å². The summed E-state index contributed by atoms with van der Waals surface area (Å²) in [6.07, 6.45) is 0. The summed E-state index contributed by atoms with van der Waals surface area (Å²) in [5.41, 5.74) is 2.41. The van der Waals surface area contributed by atoms with Crippen LogP contribution in [0.1, 0.15) is 25.0 Å². The summed E-state index contributed by atoms with van der Waals surface area (Å²) in [5, 5.41) is 0. The van der Waals surface area contributed by atoms with Gasteiger partial charge in [-0.3, -0.25) is 0 Å². The number of pyridine rings is 1. The van der Waals surface area contributed by atoms with Crippen LogP contribution in [0.5, 0.6) is 0 Å². The molecule has 0 aliphatic carbocycles. The van der Waals surface area contributed by atoms with Crippen molar-refractivity contribution in [2.45, 2.75) is 20.6 Å². The van der Waals surface area contributed by atoms with E-state index in [1.54, 1.807) is 17.7 Å². The zero-order valence-corrected chi connectivity index (χ0v) is 9.41. The number of nitrogens with zero attached hydrogens (tertiary/aromatic N) is 1. The van der Waals surface area contributed by atoms with Gasteiger partial charge in [0, 0.05) is 32.8 Å². The molecule has 1 nitrogen and oxygen atoms in total. The normalized spacial score (nSPS) is 17.6. The van der Waals surface area contributed by atoms with Gasteiger partial charge in [-0.15, -0.1) is 0 Å². The molecule has 1 heterocycles. The molecule has 0 spiro atoms. The van der Waals surface area contributed by atoms with Gasteiger partial charge < -0.3 is 0 Å². The zero-order chi connectivity index (χ0) is 16.7. The molecule has 0 unspecified atom stereocenters.